The van der Waals surface area contributed by atoms with Gasteiger partial charge in [-0.3, -0.25) is 0 Å². The van der Waals surface area contributed by atoms with E-state index in [2.05, 4.69) is 6.07 Å². The van der Waals surface area contributed by atoms with Gasteiger partial charge in [0, 0.05) is 6.04 Å². The highest BCUT2D eigenvalue weighted by atomic mass is 14.6. The molecule has 1 rings (SSSR count). The van der Waals surface area contributed by atoms with Crippen LogP contribution in [-0.2, 0) is 6.42 Å². The fourth-order valence-electron chi connectivity index (χ4n) is 1.37. The number of rotatable bonds is 2. The van der Waals surface area contributed by atoms with Crippen molar-refractivity contribution in [2.24, 2.45) is 5.73 Å². The molecule has 0 saturated heterocycles. The quantitative estimate of drug-likeness (QED) is 0.742. The Morgan fingerprint density at radius 3 is 2.77 bits per heavy atom. The highest BCUT2D eigenvalue weighted by molar-refractivity contribution is 5.42. The van der Waals surface area contributed by atoms with Gasteiger partial charge in [-0.15, -0.1) is 0 Å². The van der Waals surface area contributed by atoms with Crippen molar-refractivity contribution in [1.82, 2.24) is 0 Å². The first-order valence-corrected chi connectivity index (χ1v) is 4.39. The Morgan fingerprint density at radius 2 is 2.23 bits per heavy atom. The van der Waals surface area contributed by atoms with Crippen LogP contribution in [0.15, 0.2) is 18.2 Å². The van der Waals surface area contributed by atoms with Crippen LogP contribution in [0.1, 0.15) is 23.6 Å². The van der Waals surface area contributed by atoms with Crippen molar-refractivity contribution >= 4 is 0 Å². The highest BCUT2D eigenvalue weighted by Gasteiger charge is 2.04. The average Bonchev–Trinajstić information content (AvgIpc) is 2.08. The molecule has 13 heavy (non-hydrogen) atoms. The Hall–Kier alpha value is -1.33. The normalized spacial score (nSPS) is 12.2. The summed E-state index contributed by atoms with van der Waals surface area (Å²) in [6, 6.07) is 8.08. The van der Waals surface area contributed by atoms with Gasteiger partial charge >= 0.3 is 0 Å². The maximum Gasteiger partial charge on any atom is 0.0994 e. The Labute approximate surface area is 79.0 Å². The molecule has 0 aliphatic carbocycles. The molecular weight excluding hydrogens is 160 g/mol. The first-order chi connectivity index (χ1) is 6.15. The van der Waals surface area contributed by atoms with Gasteiger partial charge in [0.1, 0.15) is 0 Å². The van der Waals surface area contributed by atoms with E-state index in [1.807, 2.05) is 32.0 Å². The Morgan fingerprint density at radius 1 is 1.54 bits per heavy atom. The van der Waals surface area contributed by atoms with Crippen LogP contribution in [0.25, 0.3) is 0 Å². The molecule has 0 radical (unpaired) electrons. The minimum absolute atomic E-state index is 0.146. The fourth-order valence-corrected chi connectivity index (χ4v) is 1.37. The second-order valence-corrected chi connectivity index (χ2v) is 3.38. The third-order valence-electron chi connectivity index (χ3n) is 2.11. The maximum atomic E-state index is 8.80. The lowest BCUT2D eigenvalue weighted by Crippen LogP contribution is -2.18. The zero-order valence-corrected chi connectivity index (χ0v) is 8.04. The van der Waals surface area contributed by atoms with Crippen LogP contribution in [0, 0.1) is 18.3 Å². The monoisotopic (exact) mass is 174 g/mol. The smallest absolute Gasteiger partial charge is 0.0994 e. The molecule has 0 bridgehead atoms. The lowest BCUT2D eigenvalue weighted by molar-refractivity contribution is 0.734. The van der Waals surface area contributed by atoms with Gasteiger partial charge in [0.15, 0.2) is 0 Å². The number of hydrogen-bond donors (Lipinski definition) is 1. The first-order valence-electron chi connectivity index (χ1n) is 4.39. The molecule has 0 amide bonds. The molecule has 1 aromatic rings. The number of benzene rings is 1. The van der Waals surface area contributed by atoms with E-state index < -0.39 is 0 Å². The van der Waals surface area contributed by atoms with Crippen molar-refractivity contribution in [3.8, 4) is 6.07 Å². The van der Waals surface area contributed by atoms with Crippen LogP contribution in [0.5, 0.6) is 0 Å². The van der Waals surface area contributed by atoms with Crippen molar-refractivity contribution in [3.63, 3.8) is 0 Å². The predicted molar refractivity (Wildman–Crippen MR) is 53.2 cm³/mol. The minimum atomic E-state index is 0.146. The molecule has 1 aromatic carbocycles. The Kier molecular flexibility index (Phi) is 3.05. The first kappa shape index (κ1) is 9.76. The molecule has 2 nitrogen and oxygen atoms in total. The van der Waals surface area contributed by atoms with E-state index >= 15 is 0 Å². The van der Waals surface area contributed by atoms with Gasteiger partial charge in [0.2, 0.25) is 0 Å². The van der Waals surface area contributed by atoms with Crippen LogP contribution < -0.4 is 5.73 Å². The standard InChI is InChI=1S/C11H14N2/c1-8(13)6-10-4-3-5-11(7-12)9(10)2/h3-5,8H,6,13H2,1-2H3. The van der Waals surface area contributed by atoms with E-state index in [0.717, 1.165) is 17.5 Å². The number of hydrogen-bond acceptors (Lipinski definition) is 2. The van der Waals surface area contributed by atoms with Crippen molar-refractivity contribution < 1.29 is 0 Å². The van der Waals surface area contributed by atoms with Crippen LogP contribution in [0.2, 0.25) is 0 Å². The van der Waals surface area contributed by atoms with E-state index in [1.54, 1.807) is 0 Å². The zero-order valence-electron chi connectivity index (χ0n) is 8.04. The summed E-state index contributed by atoms with van der Waals surface area (Å²) < 4.78 is 0. The van der Waals surface area contributed by atoms with E-state index in [0.29, 0.717) is 0 Å². The van der Waals surface area contributed by atoms with E-state index in [1.165, 1.54) is 5.56 Å². The molecular formula is C11H14N2. The molecule has 0 aromatic heterocycles. The summed E-state index contributed by atoms with van der Waals surface area (Å²) in [5, 5.41) is 8.80. The average molecular weight is 174 g/mol. The second-order valence-electron chi connectivity index (χ2n) is 3.38. The summed E-state index contributed by atoms with van der Waals surface area (Å²) in [5.41, 5.74) is 8.68. The fraction of sp³-hybridized carbons (Fsp3) is 0.364. The largest absolute Gasteiger partial charge is 0.328 e. The number of nitriles is 1. The van der Waals surface area contributed by atoms with Gasteiger partial charge in [-0.25, -0.2) is 0 Å². The zero-order chi connectivity index (χ0) is 9.84. The van der Waals surface area contributed by atoms with Crippen LogP contribution in [0.3, 0.4) is 0 Å². The molecule has 1 unspecified atom stereocenters. The summed E-state index contributed by atoms with van der Waals surface area (Å²) in [6.45, 7) is 3.94. The maximum absolute atomic E-state index is 8.80. The summed E-state index contributed by atoms with van der Waals surface area (Å²) in [6.07, 6.45) is 0.835. The lowest BCUT2D eigenvalue weighted by atomic mass is 9.98. The molecule has 0 spiro atoms. The summed E-state index contributed by atoms with van der Waals surface area (Å²) >= 11 is 0. The van der Waals surface area contributed by atoms with Gasteiger partial charge in [-0.2, -0.15) is 5.26 Å². The third kappa shape index (κ3) is 2.30. The molecule has 0 saturated carbocycles. The molecule has 0 heterocycles. The highest BCUT2D eigenvalue weighted by Crippen LogP contribution is 2.13. The van der Waals surface area contributed by atoms with Gasteiger partial charge < -0.3 is 5.73 Å². The summed E-state index contributed by atoms with van der Waals surface area (Å²) in [7, 11) is 0. The molecule has 68 valence electrons. The molecule has 2 N–H and O–H groups in total. The second kappa shape index (κ2) is 4.06. The number of nitrogens with zero attached hydrogens (tertiary/aromatic N) is 1. The topological polar surface area (TPSA) is 49.8 Å². The third-order valence-corrected chi connectivity index (χ3v) is 2.11. The predicted octanol–water partition coefficient (Wildman–Crippen LogP) is 1.76. The van der Waals surface area contributed by atoms with Crippen molar-refractivity contribution in [2.75, 3.05) is 0 Å². The van der Waals surface area contributed by atoms with Crippen molar-refractivity contribution in [3.05, 3.63) is 34.9 Å². The minimum Gasteiger partial charge on any atom is -0.328 e. The van der Waals surface area contributed by atoms with Gasteiger partial charge in [-0.05, 0) is 37.5 Å². The Bertz CT molecular complexity index is 334. The SMILES string of the molecule is Cc1c(C#N)cccc1CC(C)N. The summed E-state index contributed by atoms with van der Waals surface area (Å²) in [4.78, 5) is 0. The van der Waals surface area contributed by atoms with E-state index in [4.69, 9.17) is 11.0 Å². The Balaban J connectivity index is 3.03. The van der Waals surface area contributed by atoms with Gasteiger partial charge in [0.05, 0.1) is 11.6 Å². The van der Waals surface area contributed by atoms with Gasteiger partial charge in [-0.1, -0.05) is 12.1 Å². The summed E-state index contributed by atoms with van der Waals surface area (Å²) in [5.74, 6) is 0. The molecule has 2 heteroatoms. The molecule has 0 aliphatic heterocycles. The number of nitrogens with two attached hydrogens (primary N) is 1. The lowest BCUT2D eigenvalue weighted by Gasteiger charge is -2.09. The molecule has 0 aliphatic rings. The van der Waals surface area contributed by atoms with Crippen molar-refractivity contribution in [2.45, 2.75) is 26.3 Å². The molecule has 1 atom stereocenters. The van der Waals surface area contributed by atoms with Crippen molar-refractivity contribution in [1.29, 1.82) is 5.26 Å². The van der Waals surface area contributed by atoms with Crippen LogP contribution >= 0.6 is 0 Å². The van der Waals surface area contributed by atoms with E-state index in [9.17, 15) is 0 Å². The molecule has 0 fully saturated rings. The van der Waals surface area contributed by atoms with Gasteiger partial charge in [0.25, 0.3) is 0 Å². The van der Waals surface area contributed by atoms with Crippen LogP contribution in [0.4, 0.5) is 0 Å². The van der Waals surface area contributed by atoms with E-state index in [-0.39, 0.29) is 6.04 Å². The van der Waals surface area contributed by atoms with Crippen LogP contribution in [-0.4, -0.2) is 6.04 Å².